The highest BCUT2D eigenvalue weighted by Crippen LogP contribution is 2.35. The van der Waals surface area contributed by atoms with Crippen molar-refractivity contribution in [2.75, 3.05) is 36.9 Å². The first-order chi connectivity index (χ1) is 16.1. The Morgan fingerprint density at radius 3 is 2.88 bits per heavy atom. The average Bonchev–Trinajstić information content (AvgIpc) is 3.53. The number of benzene rings is 2. The first-order valence-electron chi connectivity index (χ1n) is 11.1. The second-order valence-corrected chi connectivity index (χ2v) is 8.50. The third kappa shape index (κ3) is 3.30. The monoisotopic (exact) mass is 440 g/mol. The maximum atomic E-state index is 13.4. The summed E-state index contributed by atoms with van der Waals surface area (Å²) in [4.78, 5) is 23.4. The molecule has 3 N–H and O–H groups in total. The summed E-state index contributed by atoms with van der Waals surface area (Å²) >= 11 is 0. The molecule has 8 heteroatoms. The van der Waals surface area contributed by atoms with Crippen LogP contribution in [0.1, 0.15) is 27.3 Å². The van der Waals surface area contributed by atoms with Crippen molar-refractivity contribution in [2.24, 2.45) is 0 Å². The van der Waals surface area contributed by atoms with Crippen LogP contribution in [0.3, 0.4) is 0 Å². The molecule has 0 spiro atoms. The maximum absolute atomic E-state index is 13.4. The third-order valence-electron chi connectivity index (χ3n) is 6.40. The van der Waals surface area contributed by atoms with E-state index < -0.39 is 0 Å². The number of carbonyl (C=O) groups is 1. The van der Waals surface area contributed by atoms with Gasteiger partial charge in [0.15, 0.2) is 5.78 Å². The van der Waals surface area contributed by atoms with E-state index in [9.17, 15) is 4.79 Å². The summed E-state index contributed by atoms with van der Waals surface area (Å²) in [5, 5.41) is 4.42. The Morgan fingerprint density at radius 2 is 2.03 bits per heavy atom. The fourth-order valence-electron chi connectivity index (χ4n) is 4.75. The number of anilines is 2. The number of nitrogen functional groups attached to an aromatic ring is 1. The van der Waals surface area contributed by atoms with Crippen LogP contribution in [0.5, 0.6) is 0 Å². The molecule has 2 aromatic heterocycles. The van der Waals surface area contributed by atoms with Crippen LogP contribution in [-0.4, -0.2) is 51.8 Å². The Balaban J connectivity index is 1.32. The molecule has 4 aromatic rings. The van der Waals surface area contributed by atoms with E-state index in [1.165, 1.54) is 0 Å². The fourth-order valence-corrected chi connectivity index (χ4v) is 4.75. The number of Topliss-reactive ketones (excluding diaryl/α,β-unsaturated/α-hetero) is 1. The number of imidazole rings is 1. The van der Waals surface area contributed by atoms with Crippen molar-refractivity contribution in [3.8, 4) is 5.69 Å². The molecule has 0 bridgehead atoms. The highest BCUT2D eigenvalue weighted by atomic mass is 16.5. The number of allylic oxidation sites excluding steroid dienone is 1. The van der Waals surface area contributed by atoms with Crippen LogP contribution in [0.25, 0.3) is 22.8 Å². The fraction of sp³-hybridized carbons (Fsp3) is 0.240. The zero-order chi connectivity index (χ0) is 22.5. The van der Waals surface area contributed by atoms with Gasteiger partial charge in [-0.1, -0.05) is 12.1 Å². The Kier molecular flexibility index (Phi) is 4.55. The van der Waals surface area contributed by atoms with Gasteiger partial charge < -0.3 is 20.4 Å². The summed E-state index contributed by atoms with van der Waals surface area (Å²) in [5.41, 5.74) is 13.6. The quantitative estimate of drug-likeness (QED) is 0.472. The first kappa shape index (κ1) is 19.8. The standard InChI is InChI=1S/C25H24N6O2/c1-15-28-21-6-5-18(13-22(21)29-15)31-25(26)20(14-27-31)24(32)17-11-16-3-2-4-23(19(16)12-17)30-7-9-33-10-8-30/h2-6,12-14H,7-11,26H2,1H3,(H,28,29). The lowest BCUT2D eigenvalue weighted by Crippen LogP contribution is -2.36. The lowest BCUT2D eigenvalue weighted by atomic mass is 10.0. The number of ether oxygens (including phenoxy) is 1. The smallest absolute Gasteiger partial charge is 0.194 e. The van der Waals surface area contributed by atoms with Crippen LogP contribution in [-0.2, 0) is 11.2 Å². The minimum atomic E-state index is -0.0821. The summed E-state index contributed by atoms with van der Waals surface area (Å²) in [6.07, 6.45) is 4.17. The van der Waals surface area contributed by atoms with Crippen LogP contribution in [0.15, 0.2) is 48.2 Å². The Hall–Kier alpha value is -3.91. The number of nitrogens with zero attached hydrogens (tertiary/aromatic N) is 4. The summed E-state index contributed by atoms with van der Waals surface area (Å²) in [6.45, 7) is 5.06. The topological polar surface area (TPSA) is 102 Å². The number of aryl methyl sites for hydroxylation is 1. The molecule has 0 amide bonds. The van der Waals surface area contributed by atoms with Gasteiger partial charge in [-0.2, -0.15) is 5.10 Å². The molecule has 0 saturated carbocycles. The largest absolute Gasteiger partial charge is 0.383 e. The number of aromatic amines is 1. The van der Waals surface area contributed by atoms with E-state index in [1.54, 1.807) is 10.9 Å². The molecular weight excluding hydrogens is 416 g/mol. The molecule has 0 radical (unpaired) electrons. The number of H-pyrrole nitrogens is 1. The first-order valence-corrected chi connectivity index (χ1v) is 11.1. The molecule has 8 nitrogen and oxygen atoms in total. The SMILES string of the molecule is Cc1nc2ccc(-n3ncc(C(=O)C4=Cc5c(cccc5N5CCOCC5)C4)c3N)cc2[nH]1. The number of fused-ring (bicyclic) bond motifs is 2. The van der Waals surface area contributed by atoms with E-state index in [1.807, 2.05) is 31.2 Å². The van der Waals surface area contributed by atoms with Gasteiger partial charge in [0.2, 0.25) is 0 Å². The van der Waals surface area contributed by atoms with Crippen molar-refractivity contribution < 1.29 is 9.53 Å². The molecule has 0 atom stereocenters. The molecular formula is C25H24N6O2. The van der Waals surface area contributed by atoms with E-state index in [-0.39, 0.29) is 5.78 Å². The number of morpholine rings is 1. The predicted octanol–water partition coefficient (Wildman–Crippen LogP) is 3.30. The highest BCUT2D eigenvalue weighted by Gasteiger charge is 2.26. The number of hydrogen-bond donors (Lipinski definition) is 2. The van der Waals surface area contributed by atoms with Crippen molar-refractivity contribution >= 4 is 34.4 Å². The van der Waals surface area contributed by atoms with Gasteiger partial charge in [0.05, 0.1) is 41.7 Å². The number of aromatic nitrogens is 4. The van der Waals surface area contributed by atoms with Crippen LogP contribution < -0.4 is 10.6 Å². The van der Waals surface area contributed by atoms with E-state index in [4.69, 9.17) is 10.5 Å². The Bertz CT molecular complexity index is 1420. The summed E-state index contributed by atoms with van der Waals surface area (Å²) in [7, 11) is 0. The number of rotatable bonds is 4. The second kappa shape index (κ2) is 7.60. The molecule has 6 rings (SSSR count). The van der Waals surface area contributed by atoms with Crippen LogP contribution >= 0.6 is 0 Å². The van der Waals surface area contributed by atoms with E-state index in [0.29, 0.717) is 17.8 Å². The summed E-state index contributed by atoms with van der Waals surface area (Å²) in [5.74, 6) is 1.10. The normalized spacial score (nSPS) is 15.7. The Labute approximate surface area is 190 Å². The maximum Gasteiger partial charge on any atom is 0.194 e. The minimum Gasteiger partial charge on any atom is -0.383 e. The zero-order valence-electron chi connectivity index (χ0n) is 18.3. The number of hydrogen-bond acceptors (Lipinski definition) is 6. The molecule has 3 heterocycles. The molecule has 33 heavy (non-hydrogen) atoms. The van der Waals surface area contributed by atoms with Gasteiger partial charge >= 0.3 is 0 Å². The third-order valence-corrected chi connectivity index (χ3v) is 6.40. The van der Waals surface area contributed by atoms with Gasteiger partial charge in [-0.3, -0.25) is 4.79 Å². The number of nitrogens with two attached hydrogens (primary N) is 1. The van der Waals surface area contributed by atoms with E-state index >= 15 is 0 Å². The van der Waals surface area contributed by atoms with Crippen molar-refractivity contribution in [2.45, 2.75) is 13.3 Å². The van der Waals surface area contributed by atoms with Crippen LogP contribution in [0, 0.1) is 6.92 Å². The van der Waals surface area contributed by atoms with Gasteiger partial charge in [-0.25, -0.2) is 9.67 Å². The molecule has 0 unspecified atom stereocenters. The van der Waals surface area contributed by atoms with Gasteiger partial charge in [0, 0.05) is 36.3 Å². The zero-order valence-corrected chi connectivity index (χ0v) is 18.3. The van der Waals surface area contributed by atoms with Crippen molar-refractivity contribution in [3.05, 3.63) is 70.7 Å². The van der Waals surface area contributed by atoms with Crippen molar-refractivity contribution in [3.63, 3.8) is 0 Å². The van der Waals surface area contributed by atoms with Gasteiger partial charge in [0.1, 0.15) is 11.6 Å². The molecule has 2 aliphatic rings. The van der Waals surface area contributed by atoms with Gasteiger partial charge in [-0.15, -0.1) is 0 Å². The van der Waals surface area contributed by atoms with Crippen molar-refractivity contribution in [1.82, 2.24) is 19.7 Å². The lowest BCUT2D eigenvalue weighted by Gasteiger charge is -2.30. The summed E-state index contributed by atoms with van der Waals surface area (Å²) < 4.78 is 7.10. The molecule has 166 valence electrons. The van der Waals surface area contributed by atoms with Crippen molar-refractivity contribution in [1.29, 1.82) is 0 Å². The molecule has 1 aliphatic heterocycles. The van der Waals surface area contributed by atoms with Gasteiger partial charge in [-0.05, 0) is 42.8 Å². The molecule has 1 saturated heterocycles. The molecule has 2 aromatic carbocycles. The van der Waals surface area contributed by atoms with Crippen LogP contribution in [0.2, 0.25) is 0 Å². The second-order valence-electron chi connectivity index (χ2n) is 8.50. The van der Waals surface area contributed by atoms with Gasteiger partial charge in [0.25, 0.3) is 0 Å². The number of carbonyl (C=O) groups excluding carboxylic acids is 1. The average molecular weight is 441 g/mol. The molecule has 1 aliphatic carbocycles. The number of nitrogens with one attached hydrogen (secondary N) is 1. The van der Waals surface area contributed by atoms with E-state index in [2.05, 4.69) is 38.2 Å². The highest BCUT2D eigenvalue weighted by molar-refractivity contribution is 6.15. The summed E-state index contributed by atoms with van der Waals surface area (Å²) in [6, 6.07) is 12.0. The number of ketones is 1. The van der Waals surface area contributed by atoms with Crippen LogP contribution in [0.4, 0.5) is 11.5 Å². The predicted molar refractivity (Wildman–Crippen MR) is 128 cm³/mol. The molecule has 1 fully saturated rings. The Morgan fingerprint density at radius 1 is 1.18 bits per heavy atom. The lowest BCUT2D eigenvalue weighted by molar-refractivity contribution is 0.103. The van der Waals surface area contributed by atoms with E-state index in [0.717, 1.165) is 71.2 Å². The minimum absolute atomic E-state index is 0.0821.